The van der Waals surface area contributed by atoms with Crippen LogP contribution in [0.1, 0.15) is 21.6 Å². The van der Waals surface area contributed by atoms with Crippen molar-refractivity contribution in [3.63, 3.8) is 0 Å². The van der Waals surface area contributed by atoms with Gasteiger partial charge in [-0.25, -0.2) is 4.98 Å². The summed E-state index contributed by atoms with van der Waals surface area (Å²) in [6, 6.07) is 8.57. The van der Waals surface area contributed by atoms with Crippen molar-refractivity contribution in [1.82, 2.24) is 4.98 Å². The van der Waals surface area contributed by atoms with Crippen LogP contribution in [0.4, 0.5) is 11.5 Å². The Morgan fingerprint density at radius 1 is 1.26 bits per heavy atom. The number of nitrogens with two attached hydrogens (primary N) is 1. The van der Waals surface area contributed by atoms with Gasteiger partial charge in [-0.05, 0) is 43.7 Å². The molecule has 98 valence electrons. The Balaban J connectivity index is 2.28. The number of halogens is 1. The number of nitrogens with one attached hydrogen (secondary N) is 1. The quantitative estimate of drug-likeness (QED) is 0.884. The van der Waals surface area contributed by atoms with Gasteiger partial charge < -0.3 is 11.1 Å². The molecule has 1 heterocycles. The highest BCUT2D eigenvalue weighted by Gasteiger charge is 2.09. The minimum absolute atomic E-state index is 0.234. The molecule has 1 aromatic carbocycles. The third-order valence-electron chi connectivity index (χ3n) is 2.68. The SMILES string of the molecule is Cc1cc(C(=O)Nc2cc(Cl)ccc2C)cc(N)n1. The van der Waals surface area contributed by atoms with Crippen molar-refractivity contribution in [3.8, 4) is 0 Å². The number of nitrogens with zero attached hydrogens (tertiary/aromatic N) is 1. The maximum Gasteiger partial charge on any atom is 0.255 e. The first-order chi connectivity index (χ1) is 8.95. The molecule has 0 unspecified atom stereocenters. The molecule has 4 nitrogen and oxygen atoms in total. The molecule has 0 atom stereocenters. The van der Waals surface area contributed by atoms with E-state index in [-0.39, 0.29) is 5.91 Å². The van der Waals surface area contributed by atoms with Gasteiger partial charge in [0.05, 0.1) is 0 Å². The summed E-state index contributed by atoms with van der Waals surface area (Å²) in [5.74, 6) is 0.0931. The molecule has 0 aliphatic heterocycles. The zero-order valence-electron chi connectivity index (χ0n) is 10.7. The third kappa shape index (κ3) is 3.23. The second kappa shape index (κ2) is 5.28. The first-order valence-corrected chi connectivity index (χ1v) is 6.15. The second-order valence-electron chi connectivity index (χ2n) is 4.34. The summed E-state index contributed by atoms with van der Waals surface area (Å²) in [7, 11) is 0. The van der Waals surface area contributed by atoms with E-state index in [0.717, 1.165) is 5.56 Å². The van der Waals surface area contributed by atoms with Gasteiger partial charge in [-0.3, -0.25) is 4.79 Å². The van der Waals surface area contributed by atoms with Crippen LogP contribution in [0.5, 0.6) is 0 Å². The number of hydrogen-bond acceptors (Lipinski definition) is 3. The van der Waals surface area contributed by atoms with Crippen LogP contribution in [0.15, 0.2) is 30.3 Å². The minimum atomic E-state index is -0.234. The van der Waals surface area contributed by atoms with Gasteiger partial charge in [0.1, 0.15) is 5.82 Å². The molecular weight excluding hydrogens is 262 g/mol. The van der Waals surface area contributed by atoms with E-state index in [1.165, 1.54) is 0 Å². The van der Waals surface area contributed by atoms with Gasteiger partial charge in [0.25, 0.3) is 5.91 Å². The van der Waals surface area contributed by atoms with Gasteiger partial charge in [-0.2, -0.15) is 0 Å². The Morgan fingerprint density at radius 2 is 2.00 bits per heavy atom. The summed E-state index contributed by atoms with van der Waals surface area (Å²) < 4.78 is 0. The molecule has 0 spiro atoms. The predicted octanol–water partition coefficient (Wildman–Crippen LogP) is 3.19. The number of rotatable bonds is 2. The van der Waals surface area contributed by atoms with Crippen LogP contribution in [0.2, 0.25) is 5.02 Å². The summed E-state index contributed by atoms with van der Waals surface area (Å²) in [6.07, 6.45) is 0. The molecule has 1 amide bonds. The number of carbonyl (C=O) groups excluding carboxylic acids is 1. The zero-order valence-corrected chi connectivity index (χ0v) is 11.5. The smallest absolute Gasteiger partial charge is 0.255 e. The van der Waals surface area contributed by atoms with E-state index < -0.39 is 0 Å². The third-order valence-corrected chi connectivity index (χ3v) is 2.92. The van der Waals surface area contributed by atoms with Crippen LogP contribution in [0.25, 0.3) is 0 Å². The first-order valence-electron chi connectivity index (χ1n) is 5.77. The molecule has 2 aromatic rings. The van der Waals surface area contributed by atoms with E-state index >= 15 is 0 Å². The number of hydrogen-bond donors (Lipinski definition) is 2. The summed E-state index contributed by atoms with van der Waals surface area (Å²) >= 11 is 5.92. The van der Waals surface area contributed by atoms with E-state index in [4.69, 9.17) is 17.3 Å². The number of aryl methyl sites for hydroxylation is 2. The monoisotopic (exact) mass is 275 g/mol. The number of benzene rings is 1. The van der Waals surface area contributed by atoms with E-state index in [1.807, 2.05) is 13.0 Å². The van der Waals surface area contributed by atoms with Gasteiger partial charge in [-0.15, -0.1) is 0 Å². The van der Waals surface area contributed by atoms with E-state index in [9.17, 15) is 4.79 Å². The summed E-state index contributed by atoms with van der Waals surface area (Å²) in [5.41, 5.74) is 8.44. The van der Waals surface area contributed by atoms with E-state index in [1.54, 1.807) is 31.2 Å². The molecule has 1 aromatic heterocycles. The van der Waals surface area contributed by atoms with Crippen molar-refractivity contribution in [2.24, 2.45) is 0 Å². The number of nitrogen functional groups attached to an aromatic ring is 1. The Hall–Kier alpha value is -2.07. The topological polar surface area (TPSA) is 68.0 Å². The molecule has 0 aliphatic rings. The fraction of sp³-hybridized carbons (Fsp3) is 0.143. The molecule has 2 rings (SSSR count). The van der Waals surface area contributed by atoms with Crippen LogP contribution in [0.3, 0.4) is 0 Å². The maximum absolute atomic E-state index is 12.1. The van der Waals surface area contributed by atoms with Crippen LogP contribution >= 0.6 is 11.6 Å². The molecule has 0 radical (unpaired) electrons. The van der Waals surface area contributed by atoms with Crippen molar-refractivity contribution in [3.05, 3.63) is 52.2 Å². The van der Waals surface area contributed by atoms with Gasteiger partial charge in [0, 0.05) is 22.0 Å². The highest BCUT2D eigenvalue weighted by atomic mass is 35.5. The summed E-state index contributed by atoms with van der Waals surface area (Å²) in [4.78, 5) is 16.2. The highest BCUT2D eigenvalue weighted by Crippen LogP contribution is 2.21. The maximum atomic E-state index is 12.1. The normalized spacial score (nSPS) is 10.3. The Kier molecular flexibility index (Phi) is 3.71. The lowest BCUT2D eigenvalue weighted by atomic mass is 10.1. The lowest BCUT2D eigenvalue weighted by Crippen LogP contribution is -2.13. The predicted molar refractivity (Wildman–Crippen MR) is 77.5 cm³/mol. The lowest BCUT2D eigenvalue weighted by molar-refractivity contribution is 0.102. The van der Waals surface area contributed by atoms with Crippen LogP contribution < -0.4 is 11.1 Å². The lowest BCUT2D eigenvalue weighted by Gasteiger charge is -2.09. The number of pyridine rings is 1. The average Bonchev–Trinajstić information content (AvgIpc) is 2.32. The molecule has 0 bridgehead atoms. The van der Waals surface area contributed by atoms with Gasteiger partial charge in [-0.1, -0.05) is 17.7 Å². The molecule has 5 heteroatoms. The second-order valence-corrected chi connectivity index (χ2v) is 4.77. The van der Waals surface area contributed by atoms with E-state index in [0.29, 0.717) is 27.8 Å². The van der Waals surface area contributed by atoms with Crippen LogP contribution in [-0.4, -0.2) is 10.9 Å². The van der Waals surface area contributed by atoms with Crippen molar-refractivity contribution in [1.29, 1.82) is 0 Å². The Labute approximate surface area is 116 Å². The summed E-state index contributed by atoms with van der Waals surface area (Å²) in [5, 5.41) is 3.39. The standard InChI is InChI=1S/C14H14ClN3O/c1-8-3-4-11(15)7-12(8)18-14(19)10-5-9(2)17-13(16)6-10/h3-7H,1-2H3,(H2,16,17)(H,18,19). The summed E-state index contributed by atoms with van der Waals surface area (Å²) in [6.45, 7) is 3.69. The Bertz CT molecular complexity index is 620. The van der Waals surface area contributed by atoms with Crippen molar-refractivity contribution in [2.75, 3.05) is 11.1 Å². The molecule has 0 saturated carbocycles. The molecule has 0 saturated heterocycles. The fourth-order valence-corrected chi connectivity index (χ4v) is 1.92. The number of aromatic nitrogens is 1. The van der Waals surface area contributed by atoms with Crippen LogP contribution in [0, 0.1) is 13.8 Å². The van der Waals surface area contributed by atoms with Gasteiger partial charge >= 0.3 is 0 Å². The molecule has 0 aliphatic carbocycles. The van der Waals surface area contributed by atoms with Gasteiger partial charge in [0.15, 0.2) is 0 Å². The Morgan fingerprint density at radius 3 is 2.68 bits per heavy atom. The number of anilines is 2. The number of carbonyl (C=O) groups is 1. The minimum Gasteiger partial charge on any atom is -0.384 e. The van der Waals surface area contributed by atoms with E-state index in [2.05, 4.69) is 10.3 Å². The number of amides is 1. The fourth-order valence-electron chi connectivity index (χ4n) is 1.75. The molecule has 3 N–H and O–H groups in total. The largest absolute Gasteiger partial charge is 0.384 e. The molecule has 0 fully saturated rings. The highest BCUT2D eigenvalue weighted by molar-refractivity contribution is 6.31. The molecular formula is C14H14ClN3O. The molecule has 19 heavy (non-hydrogen) atoms. The van der Waals surface area contributed by atoms with Crippen molar-refractivity contribution in [2.45, 2.75) is 13.8 Å². The first kappa shape index (κ1) is 13.4. The average molecular weight is 276 g/mol. The van der Waals surface area contributed by atoms with Crippen molar-refractivity contribution < 1.29 is 4.79 Å². The van der Waals surface area contributed by atoms with Crippen molar-refractivity contribution >= 4 is 29.0 Å². The zero-order chi connectivity index (χ0) is 14.0. The van der Waals surface area contributed by atoms with Gasteiger partial charge in [0.2, 0.25) is 0 Å². The van der Waals surface area contributed by atoms with Crippen LogP contribution in [-0.2, 0) is 0 Å².